The molecule has 0 saturated heterocycles. The van der Waals surface area contributed by atoms with Crippen molar-refractivity contribution in [1.82, 2.24) is 9.88 Å². The van der Waals surface area contributed by atoms with Gasteiger partial charge in [-0.3, -0.25) is 9.88 Å². The Morgan fingerprint density at radius 1 is 1.32 bits per heavy atom. The third kappa shape index (κ3) is 4.63. The number of phenolic OH excluding ortho intramolecular Hbond substituents is 1. The van der Waals surface area contributed by atoms with E-state index in [1.807, 2.05) is 12.1 Å². The number of fused-ring (bicyclic) bond motifs is 1. The molecule has 5 nitrogen and oxygen atoms in total. The van der Waals surface area contributed by atoms with Gasteiger partial charge in [0.2, 0.25) is 0 Å². The van der Waals surface area contributed by atoms with Gasteiger partial charge in [-0.15, -0.1) is 0 Å². The molecule has 0 bridgehead atoms. The number of halogens is 1. The molecule has 2 heterocycles. The van der Waals surface area contributed by atoms with E-state index in [-0.39, 0.29) is 5.75 Å². The molecule has 1 aliphatic heterocycles. The summed E-state index contributed by atoms with van der Waals surface area (Å²) in [6.45, 7) is 6.49. The summed E-state index contributed by atoms with van der Waals surface area (Å²) in [7, 11) is 0. The summed E-state index contributed by atoms with van der Waals surface area (Å²) in [6.07, 6.45) is 2.63. The van der Waals surface area contributed by atoms with E-state index in [2.05, 4.69) is 16.8 Å². The molecule has 0 atom stereocenters. The molecule has 0 saturated carbocycles. The molecule has 6 heteroatoms. The minimum Gasteiger partial charge on any atom is -0.504 e. The van der Waals surface area contributed by atoms with E-state index >= 15 is 0 Å². The standard InChI is InChI=1S/C19H23ClN2O3/c1-2-7-24-8-5-22-6-9-25-19-15(13-22)10-14(11-18(19)23)17-4-3-16(20)12-21-17/h3-4,10-12,23H,2,5-9,13H2,1H3. The Morgan fingerprint density at radius 3 is 2.96 bits per heavy atom. The fourth-order valence-electron chi connectivity index (χ4n) is 2.88. The molecule has 3 rings (SSSR count). The third-order valence-electron chi connectivity index (χ3n) is 4.12. The number of nitrogens with zero attached hydrogens (tertiary/aromatic N) is 2. The largest absolute Gasteiger partial charge is 0.504 e. The van der Waals surface area contributed by atoms with Gasteiger partial charge in [-0.05, 0) is 30.7 Å². The van der Waals surface area contributed by atoms with Crippen molar-refractivity contribution in [3.8, 4) is 22.8 Å². The number of phenols is 1. The Balaban J connectivity index is 1.79. The SMILES string of the molecule is CCCOCCN1CCOc2c(O)cc(-c3ccc(Cl)cn3)cc2C1. The van der Waals surface area contributed by atoms with E-state index in [0.29, 0.717) is 30.5 Å². The summed E-state index contributed by atoms with van der Waals surface area (Å²) in [6, 6.07) is 7.35. The first-order valence-corrected chi connectivity index (χ1v) is 8.96. The van der Waals surface area contributed by atoms with E-state index in [4.69, 9.17) is 21.1 Å². The Labute approximate surface area is 153 Å². The number of aromatic hydroxyl groups is 1. The molecule has 1 aliphatic rings. The van der Waals surface area contributed by atoms with Crippen LogP contribution in [0.25, 0.3) is 11.3 Å². The first kappa shape index (κ1) is 18.0. The zero-order chi connectivity index (χ0) is 17.6. The number of pyridine rings is 1. The number of rotatable bonds is 6. The van der Waals surface area contributed by atoms with E-state index in [9.17, 15) is 5.11 Å². The minimum absolute atomic E-state index is 0.147. The van der Waals surface area contributed by atoms with Gasteiger partial charge < -0.3 is 14.6 Å². The van der Waals surface area contributed by atoms with Crippen LogP contribution in [-0.4, -0.2) is 47.9 Å². The number of ether oxygens (including phenoxy) is 2. The Kier molecular flexibility index (Phi) is 6.13. The van der Waals surface area contributed by atoms with Gasteiger partial charge in [0.15, 0.2) is 11.5 Å². The first-order valence-electron chi connectivity index (χ1n) is 8.58. The van der Waals surface area contributed by atoms with Gasteiger partial charge in [0, 0.05) is 43.6 Å². The van der Waals surface area contributed by atoms with Gasteiger partial charge in [-0.2, -0.15) is 0 Å². The van der Waals surface area contributed by atoms with Crippen molar-refractivity contribution in [2.45, 2.75) is 19.9 Å². The lowest BCUT2D eigenvalue weighted by atomic mass is 10.0. The summed E-state index contributed by atoms with van der Waals surface area (Å²) in [5.74, 6) is 0.711. The average Bonchev–Trinajstić information content (AvgIpc) is 2.82. The highest BCUT2D eigenvalue weighted by Gasteiger charge is 2.20. The first-order chi connectivity index (χ1) is 12.2. The van der Waals surface area contributed by atoms with Crippen LogP contribution in [0.4, 0.5) is 0 Å². The lowest BCUT2D eigenvalue weighted by Gasteiger charge is -2.19. The van der Waals surface area contributed by atoms with Crippen molar-refractivity contribution < 1.29 is 14.6 Å². The summed E-state index contributed by atoms with van der Waals surface area (Å²) in [5, 5.41) is 11.0. The Bertz CT molecular complexity index is 707. The second-order valence-corrected chi connectivity index (χ2v) is 6.52. The van der Waals surface area contributed by atoms with Crippen LogP contribution in [0.3, 0.4) is 0 Å². The van der Waals surface area contributed by atoms with Crippen molar-refractivity contribution in [2.75, 3.05) is 32.9 Å². The molecule has 0 fully saturated rings. The van der Waals surface area contributed by atoms with Crippen LogP contribution in [0.1, 0.15) is 18.9 Å². The highest BCUT2D eigenvalue weighted by molar-refractivity contribution is 6.30. The maximum absolute atomic E-state index is 10.4. The van der Waals surface area contributed by atoms with Gasteiger partial charge in [-0.25, -0.2) is 0 Å². The monoisotopic (exact) mass is 362 g/mol. The number of benzene rings is 1. The fourth-order valence-corrected chi connectivity index (χ4v) is 2.99. The average molecular weight is 363 g/mol. The van der Waals surface area contributed by atoms with Crippen LogP contribution < -0.4 is 4.74 Å². The normalized spacial score (nSPS) is 14.6. The van der Waals surface area contributed by atoms with Crippen molar-refractivity contribution >= 4 is 11.6 Å². The summed E-state index contributed by atoms with van der Waals surface area (Å²) >= 11 is 5.91. The van der Waals surface area contributed by atoms with Crippen LogP contribution in [0.2, 0.25) is 5.02 Å². The van der Waals surface area contributed by atoms with Gasteiger partial charge in [0.1, 0.15) is 6.61 Å². The molecule has 0 spiro atoms. The summed E-state index contributed by atoms with van der Waals surface area (Å²) in [5.41, 5.74) is 2.57. The molecule has 0 aliphatic carbocycles. The fraction of sp³-hybridized carbons (Fsp3) is 0.421. The van der Waals surface area contributed by atoms with Crippen LogP contribution >= 0.6 is 11.6 Å². The molecule has 134 valence electrons. The lowest BCUT2D eigenvalue weighted by molar-refractivity contribution is 0.0990. The van der Waals surface area contributed by atoms with Crippen LogP contribution in [0, 0.1) is 0 Å². The zero-order valence-electron chi connectivity index (χ0n) is 14.4. The zero-order valence-corrected chi connectivity index (χ0v) is 15.1. The number of aromatic nitrogens is 1. The van der Waals surface area contributed by atoms with Crippen molar-refractivity contribution in [3.63, 3.8) is 0 Å². The van der Waals surface area contributed by atoms with Crippen LogP contribution in [0.15, 0.2) is 30.5 Å². The Morgan fingerprint density at radius 2 is 2.20 bits per heavy atom. The predicted molar refractivity (Wildman–Crippen MR) is 98.2 cm³/mol. The van der Waals surface area contributed by atoms with E-state index in [1.165, 1.54) is 0 Å². The molecule has 0 radical (unpaired) electrons. The second-order valence-electron chi connectivity index (χ2n) is 6.08. The Hall–Kier alpha value is -1.82. The second kappa shape index (κ2) is 8.52. The quantitative estimate of drug-likeness (QED) is 0.793. The minimum atomic E-state index is 0.147. The van der Waals surface area contributed by atoms with Crippen LogP contribution in [-0.2, 0) is 11.3 Å². The van der Waals surface area contributed by atoms with Crippen LogP contribution in [0.5, 0.6) is 11.5 Å². The third-order valence-corrected chi connectivity index (χ3v) is 4.34. The van der Waals surface area contributed by atoms with E-state index in [1.54, 1.807) is 18.3 Å². The smallest absolute Gasteiger partial charge is 0.165 e. The van der Waals surface area contributed by atoms with Gasteiger partial charge >= 0.3 is 0 Å². The maximum Gasteiger partial charge on any atom is 0.165 e. The van der Waals surface area contributed by atoms with Gasteiger partial charge in [0.25, 0.3) is 0 Å². The highest BCUT2D eigenvalue weighted by atomic mass is 35.5. The molecule has 1 N–H and O–H groups in total. The number of hydrogen-bond acceptors (Lipinski definition) is 5. The van der Waals surface area contributed by atoms with Crippen molar-refractivity contribution in [3.05, 3.63) is 41.0 Å². The predicted octanol–water partition coefficient (Wildman–Crippen LogP) is 3.73. The summed E-state index contributed by atoms with van der Waals surface area (Å²) < 4.78 is 11.4. The van der Waals surface area contributed by atoms with Gasteiger partial charge in [-0.1, -0.05) is 18.5 Å². The van der Waals surface area contributed by atoms with Gasteiger partial charge in [0.05, 0.1) is 17.3 Å². The number of hydrogen-bond donors (Lipinski definition) is 1. The van der Waals surface area contributed by atoms with Crippen molar-refractivity contribution in [2.24, 2.45) is 0 Å². The lowest BCUT2D eigenvalue weighted by Crippen LogP contribution is -2.29. The van der Waals surface area contributed by atoms with E-state index < -0.39 is 0 Å². The topological polar surface area (TPSA) is 54.8 Å². The molecule has 0 unspecified atom stereocenters. The van der Waals surface area contributed by atoms with Crippen molar-refractivity contribution in [1.29, 1.82) is 0 Å². The molecular formula is C19H23ClN2O3. The molecule has 2 aromatic rings. The molecular weight excluding hydrogens is 340 g/mol. The van der Waals surface area contributed by atoms with E-state index in [0.717, 1.165) is 42.9 Å². The molecule has 1 aromatic heterocycles. The highest BCUT2D eigenvalue weighted by Crippen LogP contribution is 2.37. The molecule has 0 amide bonds. The summed E-state index contributed by atoms with van der Waals surface area (Å²) in [4.78, 5) is 6.61. The molecule has 25 heavy (non-hydrogen) atoms. The molecule has 1 aromatic carbocycles. The maximum atomic E-state index is 10.4.